The number of para-hydroxylation sites is 1. The molecule has 0 unspecified atom stereocenters. The molecule has 7 nitrogen and oxygen atoms in total. The first kappa shape index (κ1) is 21.2. The normalized spacial score (nSPS) is 16.4. The van der Waals surface area contributed by atoms with Gasteiger partial charge in [-0.1, -0.05) is 24.3 Å². The lowest BCUT2D eigenvalue weighted by Crippen LogP contribution is -2.54. The lowest BCUT2D eigenvalue weighted by molar-refractivity contribution is -0.144. The summed E-state index contributed by atoms with van der Waals surface area (Å²) < 4.78 is 5.45. The Morgan fingerprint density at radius 1 is 1.17 bits per heavy atom. The molecular formula is C22H20N2O5S. The van der Waals surface area contributed by atoms with Crippen molar-refractivity contribution in [2.24, 2.45) is 0 Å². The summed E-state index contributed by atoms with van der Waals surface area (Å²) in [5.74, 6) is -2.10. The van der Waals surface area contributed by atoms with E-state index in [9.17, 15) is 14.4 Å². The van der Waals surface area contributed by atoms with E-state index in [0.29, 0.717) is 11.3 Å². The van der Waals surface area contributed by atoms with Crippen molar-refractivity contribution in [2.75, 3.05) is 4.90 Å². The van der Waals surface area contributed by atoms with Gasteiger partial charge in [-0.05, 0) is 68.4 Å². The molecule has 3 rings (SSSR count). The number of nitrogens with one attached hydrogen (secondary N) is 1. The third kappa shape index (κ3) is 4.23. The largest absolute Gasteiger partial charge is 0.479 e. The van der Waals surface area contributed by atoms with Gasteiger partial charge in [-0.25, -0.2) is 4.79 Å². The first-order chi connectivity index (χ1) is 14.2. The van der Waals surface area contributed by atoms with Crippen molar-refractivity contribution >= 4 is 46.9 Å². The Bertz CT molecular complexity index is 1090. The van der Waals surface area contributed by atoms with Crippen LogP contribution in [-0.2, 0) is 14.4 Å². The molecule has 0 aliphatic carbocycles. The monoisotopic (exact) mass is 424 g/mol. The van der Waals surface area contributed by atoms with E-state index in [1.807, 2.05) is 26.0 Å². The molecule has 1 fully saturated rings. The SMILES string of the molecule is Cc1ccc(N2C(=O)/C(=C/c3ccccc3O[C@H](C)C(=O)O)C(=O)NC2=S)cc1C. The predicted molar refractivity (Wildman–Crippen MR) is 116 cm³/mol. The van der Waals surface area contributed by atoms with Gasteiger partial charge in [0.05, 0.1) is 5.69 Å². The highest BCUT2D eigenvalue weighted by molar-refractivity contribution is 7.80. The van der Waals surface area contributed by atoms with Crippen LogP contribution >= 0.6 is 12.2 Å². The Hall–Kier alpha value is -3.52. The maximum Gasteiger partial charge on any atom is 0.344 e. The van der Waals surface area contributed by atoms with Crippen LogP contribution in [0, 0.1) is 13.8 Å². The minimum Gasteiger partial charge on any atom is -0.479 e. The second-order valence-corrected chi connectivity index (χ2v) is 7.25. The van der Waals surface area contributed by atoms with Crippen LogP contribution in [0.1, 0.15) is 23.6 Å². The first-order valence-electron chi connectivity index (χ1n) is 9.16. The molecule has 1 aliphatic rings. The number of hydrogen-bond acceptors (Lipinski definition) is 5. The molecule has 2 aromatic rings. The lowest BCUT2D eigenvalue weighted by Gasteiger charge is -2.29. The number of hydrogen-bond donors (Lipinski definition) is 2. The smallest absolute Gasteiger partial charge is 0.344 e. The third-order valence-electron chi connectivity index (χ3n) is 4.72. The Labute approximate surface area is 179 Å². The summed E-state index contributed by atoms with van der Waals surface area (Å²) in [6, 6.07) is 12.0. The van der Waals surface area contributed by atoms with Crippen molar-refractivity contribution in [3.05, 3.63) is 64.7 Å². The molecule has 30 heavy (non-hydrogen) atoms. The predicted octanol–water partition coefficient (Wildman–Crippen LogP) is 2.99. The Morgan fingerprint density at radius 3 is 2.53 bits per heavy atom. The Balaban J connectivity index is 2.01. The number of aryl methyl sites for hydroxylation is 2. The molecule has 1 heterocycles. The second kappa shape index (κ2) is 8.46. The quantitative estimate of drug-likeness (QED) is 0.435. The van der Waals surface area contributed by atoms with Crippen molar-refractivity contribution < 1.29 is 24.2 Å². The van der Waals surface area contributed by atoms with Crippen LogP contribution in [0.15, 0.2) is 48.0 Å². The number of carbonyl (C=O) groups is 3. The molecule has 0 radical (unpaired) electrons. The molecule has 2 aromatic carbocycles. The van der Waals surface area contributed by atoms with Crippen LogP contribution in [0.25, 0.3) is 6.08 Å². The van der Waals surface area contributed by atoms with E-state index < -0.39 is 23.9 Å². The van der Waals surface area contributed by atoms with Gasteiger partial charge in [0.2, 0.25) is 0 Å². The molecule has 1 saturated heterocycles. The number of carboxylic acid groups (broad SMARTS) is 1. The van der Waals surface area contributed by atoms with Crippen molar-refractivity contribution in [2.45, 2.75) is 26.9 Å². The molecule has 2 N–H and O–H groups in total. The number of nitrogens with zero attached hydrogens (tertiary/aromatic N) is 1. The van der Waals surface area contributed by atoms with Crippen LogP contribution in [-0.4, -0.2) is 34.1 Å². The zero-order chi connectivity index (χ0) is 22.0. The van der Waals surface area contributed by atoms with E-state index in [1.54, 1.807) is 30.3 Å². The van der Waals surface area contributed by atoms with Gasteiger partial charge in [-0.15, -0.1) is 0 Å². The van der Waals surface area contributed by atoms with Gasteiger partial charge in [0.15, 0.2) is 11.2 Å². The zero-order valence-electron chi connectivity index (χ0n) is 16.6. The van der Waals surface area contributed by atoms with Gasteiger partial charge in [0.25, 0.3) is 11.8 Å². The third-order valence-corrected chi connectivity index (χ3v) is 5.01. The number of aliphatic carboxylic acids is 1. The van der Waals surface area contributed by atoms with Crippen LogP contribution in [0.4, 0.5) is 5.69 Å². The highest BCUT2D eigenvalue weighted by Gasteiger charge is 2.34. The van der Waals surface area contributed by atoms with Crippen LogP contribution in [0.2, 0.25) is 0 Å². The number of rotatable bonds is 5. The molecule has 1 atom stereocenters. The minimum absolute atomic E-state index is 0.00515. The highest BCUT2D eigenvalue weighted by atomic mass is 32.1. The average molecular weight is 424 g/mol. The molecule has 8 heteroatoms. The topological polar surface area (TPSA) is 95.9 Å². The van der Waals surface area contributed by atoms with E-state index in [1.165, 1.54) is 17.9 Å². The summed E-state index contributed by atoms with van der Waals surface area (Å²) in [5.41, 5.74) is 2.85. The number of amides is 2. The van der Waals surface area contributed by atoms with Crippen molar-refractivity contribution in [1.29, 1.82) is 0 Å². The molecule has 0 bridgehead atoms. The molecular weight excluding hydrogens is 404 g/mol. The second-order valence-electron chi connectivity index (χ2n) is 6.86. The number of ether oxygens (including phenoxy) is 1. The fraction of sp³-hybridized carbons (Fsp3) is 0.182. The number of thiocarbonyl (C=S) groups is 1. The first-order valence-corrected chi connectivity index (χ1v) is 9.57. The highest BCUT2D eigenvalue weighted by Crippen LogP contribution is 2.27. The van der Waals surface area contributed by atoms with Crippen LogP contribution in [0.3, 0.4) is 0 Å². The number of carboxylic acids is 1. The summed E-state index contributed by atoms with van der Waals surface area (Å²) in [6.45, 7) is 5.27. The van der Waals surface area contributed by atoms with E-state index in [-0.39, 0.29) is 16.4 Å². The lowest BCUT2D eigenvalue weighted by atomic mass is 10.0. The van der Waals surface area contributed by atoms with E-state index in [4.69, 9.17) is 22.1 Å². The van der Waals surface area contributed by atoms with E-state index in [0.717, 1.165) is 11.1 Å². The molecule has 0 aromatic heterocycles. The van der Waals surface area contributed by atoms with E-state index >= 15 is 0 Å². The van der Waals surface area contributed by atoms with Gasteiger partial charge in [-0.2, -0.15) is 0 Å². The van der Waals surface area contributed by atoms with Gasteiger partial charge >= 0.3 is 5.97 Å². The molecule has 0 spiro atoms. The van der Waals surface area contributed by atoms with Gasteiger partial charge in [0.1, 0.15) is 11.3 Å². The summed E-state index contributed by atoms with van der Waals surface area (Å²) in [6.07, 6.45) is 0.275. The van der Waals surface area contributed by atoms with Gasteiger partial charge < -0.3 is 9.84 Å². The number of carbonyl (C=O) groups excluding carboxylic acids is 2. The Morgan fingerprint density at radius 2 is 1.87 bits per heavy atom. The van der Waals surface area contributed by atoms with Crippen LogP contribution in [0.5, 0.6) is 5.75 Å². The standard InChI is InChI=1S/C22H20N2O5S/c1-12-8-9-16(10-13(12)2)24-20(26)17(19(25)23-22(24)30)11-15-6-4-5-7-18(15)29-14(3)21(27)28/h4-11,14H,1-3H3,(H,27,28)(H,23,25,30)/b17-11+/t14-/m1/s1. The molecule has 2 amide bonds. The number of benzene rings is 2. The minimum atomic E-state index is -1.13. The zero-order valence-corrected chi connectivity index (χ0v) is 17.4. The summed E-state index contributed by atoms with van der Waals surface area (Å²) in [7, 11) is 0. The average Bonchev–Trinajstić information content (AvgIpc) is 2.68. The summed E-state index contributed by atoms with van der Waals surface area (Å²) in [4.78, 5) is 38.1. The van der Waals surface area contributed by atoms with Gasteiger partial charge in [0, 0.05) is 5.56 Å². The summed E-state index contributed by atoms with van der Waals surface area (Å²) >= 11 is 5.22. The van der Waals surface area contributed by atoms with Crippen molar-refractivity contribution in [1.82, 2.24) is 5.32 Å². The Kier molecular flexibility index (Phi) is 5.98. The van der Waals surface area contributed by atoms with Gasteiger partial charge in [-0.3, -0.25) is 19.8 Å². The molecule has 0 saturated carbocycles. The molecule has 154 valence electrons. The van der Waals surface area contributed by atoms with Crippen LogP contribution < -0.4 is 15.0 Å². The molecule has 1 aliphatic heterocycles. The maximum atomic E-state index is 13.2. The van der Waals surface area contributed by atoms with Crippen molar-refractivity contribution in [3.63, 3.8) is 0 Å². The van der Waals surface area contributed by atoms with E-state index in [2.05, 4.69) is 5.32 Å². The maximum absolute atomic E-state index is 13.2. The fourth-order valence-electron chi connectivity index (χ4n) is 2.86. The summed E-state index contributed by atoms with van der Waals surface area (Å²) in [5, 5.41) is 11.6. The number of anilines is 1. The van der Waals surface area contributed by atoms with Crippen molar-refractivity contribution in [3.8, 4) is 5.75 Å². The fourth-order valence-corrected chi connectivity index (χ4v) is 3.14.